The topological polar surface area (TPSA) is 55.4 Å². The maximum Gasteiger partial charge on any atom is 0.235 e. The van der Waals surface area contributed by atoms with Crippen molar-refractivity contribution in [2.75, 3.05) is 11.8 Å². The minimum Gasteiger partial charge on any atom is -0.494 e. The number of hydrogen-bond donors (Lipinski definition) is 1. The van der Waals surface area contributed by atoms with Crippen molar-refractivity contribution in [1.82, 2.24) is 0 Å². The normalized spacial score (nSPS) is 11.6. The van der Waals surface area contributed by atoms with Crippen molar-refractivity contribution in [2.24, 2.45) is 0 Å². The summed E-state index contributed by atoms with van der Waals surface area (Å²) in [7, 11) is -2.10. The molecule has 1 aromatic carbocycles. The number of halogens is 1. The molecule has 0 amide bonds. The monoisotopic (exact) mass is 247 g/mol. The molecule has 0 aliphatic heterocycles. The SMILES string of the molecule is COc1cc(F)ccc1NS(=O)(=O)C(C)C. The molecule has 1 N–H and O–H groups in total. The third kappa shape index (κ3) is 2.85. The molecule has 0 aromatic heterocycles. The predicted octanol–water partition coefficient (Wildman–Crippen LogP) is 1.98. The van der Waals surface area contributed by atoms with Crippen LogP contribution in [0.25, 0.3) is 0 Å². The van der Waals surface area contributed by atoms with Gasteiger partial charge in [0, 0.05) is 6.07 Å². The van der Waals surface area contributed by atoms with Gasteiger partial charge in [0.25, 0.3) is 0 Å². The highest BCUT2D eigenvalue weighted by Crippen LogP contribution is 2.26. The smallest absolute Gasteiger partial charge is 0.235 e. The number of rotatable bonds is 4. The van der Waals surface area contributed by atoms with Crippen molar-refractivity contribution in [2.45, 2.75) is 19.1 Å². The van der Waals surface area contributed by atoms with Gasteiger partial charge in [-0.25, -0.2) is 12.8 Å². The standard InChI is InChI=1S/C10H14FNO3S/c1-7(2)16(13,14)12-9-5-4-8(11)6-10(9)15-3/h4-7,12H,1-3H3. The maximum absolute atomic E-state index is 12.9. The third-order valence-electron chi connectivity index (χ3n) is 2.04. The number of sulfonamides is 1. The van der Waals surface area contributed by atoms with Crippen LogP contribution < -0.4 is 9.46 Å². The molecule has 4 nitrogen and oxygen atoms in total. The van der Waals surface area contributed by atoms with E-state index in [1.165, 1.54) is 19.2 Å². The summed E-state index contributed by atoms with van der Waals surface area (Å²) in [5.74, 6) is -0.325. The summed E-state index contributed by atoms with van der Waals surface area (Å²) in [4.78, 5) is 0. The van der Waals surface area contributed by atoms with Gasteiger partial charge in [-0.2, -0.15) is 0 Å². The first kappa shape index (κ1) is 12.8. The van der Waals surface area contributed by atoms with E-state index in [2.05, 4.69) is 4.72 Å². The van der Waals surface area contributed by atoms with Crippen molar-refractivity contribution < 1.29 is 17.5 Å². The average molecular weight is 247 g/mol. The van der Waals surface area contributed by atoms with Crippen LogP contribution in [0.1, 0.15) is 13.8 Å². The first-order valence-corrected chi connectivity index (χ1v) is 6.26. The third-order valence-corrected chi connectivity index (χ3v) is 3.78. The van der Waals surface area contributed by atoms with Crippen LogP contribution in [-0.4, -0.2) is 20.8 Å². The van der Waals surface area contributed by atoms with Gasteiger partial charge >= 0.3 is 0 Å². The number of methoxy groups -OCH3 is 1. The second-order valence-electron chi connectivity index (χ2n) is 3.54. The summed E-state index contributed by atoms with van der Waals surface area (Å²) in [6, 6.07) is 3.62. The second-order valence-corrected chi connectivity index (χ2v) is 5.78. The fraction of sp³-hybridized carbons (Fsp3) is 0.400. The van der Waals surface area contributed by atoms with Crippen LogP contribution in [0, 0.1) is 5.82 Å². The molecule has 0 radical (unpaired) electrons. The molecule has 6 heteroatoms. The Morgan fingerprint density at radius 1 is 1.38 bits per heavy atom. The molecule has 0 saturated heterocycles. The van der Waals surface area contributed by atoms with E-state index < -0.39 is 21.1 Å². The van der Waals surface area contributed by atoms with Crippen molar-refractivity contribution in [3.05, 3.63) is 24.0 Å². The number of benzene rings is 1. The molecule has 16 heavy (non-hydrogen) atoms. The Hall–Kier alpha value is -1.30. The lowest BCUT2D eigenvalue weighted by molar-refractivity contribution is 0.413. The Bertz CT molecular complexity index is 471. The zero-order valence-corrected chi connectivity index (χ0v) is 10.1. The lowest BCUT2D eigenvalue weighted by Gasteiger charge is -2.13. The fourth-order valence-electron chi connectivity index (χ4n) is 1.02. The summed E-state index contributed by atoms with van der Waals surface area (Å²) in [6.45, 7) is 3.11. The number of ether oxygens (including phenoxy) is 1. The number of anilines is 1. The number of hydrogen-bond acceptors (Lipinski definition) is 3. The first-order valence-electron chi connectivity index (χ1n) is 4.72. The lowest BCUT2D eigenvalue weighted by atomic mass is 10.3. The van der Waals surface area contributed by atoms with E-state index in [1.54, 1.807) is 13.8 Å². The molecule has 90 valence electrons. The summed E-state index contributed by atoms with van der Waals surface area (Å²) in [5.41, 5.74) is 0.234. The highest BCUT2D eigenvalue weighted by molar-refractivity contribution is 7.93. The highest BCUT2D eigenvalue weighted by Gasteiger charge is 2.17. The van der Waals surface area contributed by atoms with E-state index in [0.29, 0.717) is 0 Å². The average Bonchev–Trinajstić information content (AvgIpc) is 2.20. The second kappa shape index (κ2) is 4.69. The maximum atomic E-state index is 12.9. The van der Waals surface area contributed by atoms with E-state index in [4.69, 9.17) is 4.74 Å². The van der Waals surface area contributed by atoms with Gasteiger partial charge in [-0.05, 0) is 26.0 Å². The number of nitrogens with one attached hydrogen (secondary N) is 1. The van der Waals surface area contributed by atoms with Crippen LogP contribution >= 0.6 is 0 Å². The zero-order valence-electron chi connectivity index (χ0n) is 9.32. The highest BCUT2D eigenvalue weighted by atomic mass is 32.2. The van der Waals surface area contributed by atoms with Crippen molar-refractivity contribution in [1.29, 1.82) is 0 Å². The van der Waals surface area contributed by atoms with E-state index in [-0.39, 0.29) is 11.4 Å². The molecule has 0 spiro atoms. The van der Waals surface area contributed by atoms with Crippen LogP contribution in [0.15, 0.2) is 18.2 Å². The van der Waals surface area contributed by atoms with E-state index in [9.17, 15) is 12.8 Å². The molecule has 0 bridgehead atoms. The minimum absolute atomic E-state index is 0.157. The quantitative estimate of drug-likeness (QED) is 0.885. The Balaban J connectivity index is 3.07. The predicted molar refractivity (Wildman–Crippen MR) is 60.6 cm³/mol. The molecule has 0 aliphatic rings. The lowest BCUT2D eigenvalue weighted by Crippen LogP contribution is -2.22. The van der Waals surface area contributed by atoms with Gasteiger partial charge < -0.3 is 4.74 Å². The Labute approximate surface area is 94.5 Å². The van der Waals surface area contributed by atoms with Crippen molar-refractivity contribution in [3.8, 4) is 5.75 Å². The van der Waals surface area contributed by atoms with Gasteiger partial charge in [0.1, 0.15) is 11.6 Å². The molecule has 0 aliphatic carbocycles. The molecule has 1 rings (SSSR count). The summed E-state index contributed by atoms with van der Waals surface area (Å²) >= 11 is 0. The summed E-state index contributed by atoms with van der Waals surface area (Å²) in [6.07, 6.45) is 0. The van der Waals surface area contributed by atoms with Gasteiger partial charge in [0.05, 0.1) is 18.0 Å². The van der Waals surface area contributed by atoms with Crippen molar-refractivity contribution in [3.63, 3.8) is 0 Å². The molecule has 0 unspecified atom stereocenters. The van der Waals surface area contributed by atoms with Crippen LogP contribution in [0.3, 0.4) is 0 Å². The molecule has 1 aromatic rings. The summed E-state index contributed by atoms with van der Waals surface area (Å²) in [5, 5.41) is -0.567. The first-order chi connectivity index (χ1) is 7.36. The van der Waals surface area contributed by atoms with Gasteiger partial charge in [-0.15, -0.1) is 0 Å². The van der Waals surface area contributed by atoms with Gasteiger partial charge in [0.2, 0.25) is 10.0 Å². The molecule has 0 saturated carbocycles. The van der Waals surface area contributed by atoms with E-state index in [1.807, 2.05) is 0 Å². The van der Waals surface area contributed by atoms with Crippen molar-refractivity contribution >= 4 is 15.7 Å². The van der Waals surface area contributed by atoms with Crippen LogP contribution in [0.2, 0.25) is 0 Å². The summed E-state index contributed by atoms with van der Waals surface area (Å²) < 4.78 is 43.3. The van der Waals surface area contributed by atoms with Crippen LogP contribution in [-0.2, 0) is 10.0 Å². The minimum atomic E-state index is -3.45. The zero-order chi connectivity index (χ0) is 12.3. The Morgan fingerprint density at radius 3 is 2.50 bits per heavy atom. The molecule has 0 heterocycles. The fourth-order valence-corrected chi connectivity index (χ4v) is 1.73. The molecular formula is C10H14FNO3S. The molecular weight excluding hydrogens is 233 g/mol. The van der Waals surface area contributed by atoms with Crippen LogP contribution in [0.4, 0.5) is 10.1 Å². The van der Waals surface area contributed by atoms with E-state index >= 15 is 0 Å². The van der Waals surface area contributed by atoms with Gasteiger partial charge in [-0.1, -0.05) is 0 Å². The van der Waals surface area contributed by atoms with E-state index in [0.717, 1.165) is 6.07 Å². The van der Waals surface area contributed by atoms with Gasteiger partial charge in [0.15, 0.2) is 0 Å². The van der Waals surface area contributed by atoms with Gasteiger partial charge in [-0.3, -0.25) is 4.72 Å². The van der Waals surface area contributed by atoms with Crippen LogP contribution in [0.5, 0.6) is 5.75 Å². The Kier molecular flexibility index (Phi) is 3.74. The molecule has 0 atom stereocenters. The largest absolute Gasteiger partial charge is 0.494 e. The molecule has 0 fully saturated rings. The Morgan fingerprint density at radius 2 is 2.00 bits per heavy atom.